The first-order valence-electron chi connectivity index (χ1n) is 5.00. The average molecular weight is 359 g/mol. The molecular weight excluding hydrogens is 349 g/mol. The molecule has 1 aromatic rings. The number of rotatable bonds is 3. The predicted molar refractivity (Wildman–Crippen MR) is 72.1 cm³/mol. The number of hydrogen-bond donors (Lipinski definition) is 1. The largest absolute Gasteiger partial charge is 0.240 e. The summed E-state index contributed by atoms with van der Waals surface area (Å²) in [7, 11) is -3.48. The van der Waals surface area contributed by atoms with Gasteiger partial charge in [-0.2, -0.15) is 0 Å². The summed E-state index contributed by atoms with van der Waals surface area (Å²) in [6.45, 7) is 0. The number of halogens is 3. The number of benzene rings is 1. The van der Waals surface area contributed by atoms with Crippen molar-refractivity contribution in [2.75, 3.05) is 0 Å². The third-order valence-corrected chi connectivity index (χ3v) is 5.69. The van der Waals surface area contributed by atoms with Crippen molar-refractivity contribution in [3.63, 3.8) is 0 Å². The van der Waals surface area contributed by atoms with Crippen molar-refractivity contribution in [1.82, 2.24) is 4.72 Å². The van der Waals surface area contributed by atoms with Gasteiger partial charge in [0.15, 0.2) is 0 Å². The summed E-state index contributed by atoms with van der Waals surface area (Å²) in [5.41, 5.74) is 0. The first-order valence-corrected chi connectivity index (χ1v) is 8.09. The molecule has 1 fully saturated rings. The van der Waals surface area contributed by atoms with E-state index in [1.165, 1.54) is 12.1 Å². The van der Waals surface area contributed by atoms with Crippen molar-refractivity contribution in [2.45, 2.75) is 29.2 Å². The predicted octanol–water partition coefficient (Wildman–Crippen LogP) is 3.15. The van der Waals surface area contributed by atoms with Gasteiger partial charge in [-0.1, -0.05) is 11.6 Å². The monoisotopic (exact) mass is 357 g/mol. The normalized spacial score (nSPS) is 24.4. The van der Waals surface area contributed by atoms with Crippen molar-refractivity contribution in [3.05, 3.63) is 27.7 Å². The molecule has 1 aliphatic rings. The van der Waals surface area contributed by atoms with Crippen LogP contribution in [-0.4, -0.2) is 19.8 Å². The first-order chi connectivity index (χ1) is 7.88. The van der Waals surface area contributed by atoms with Crippen LogP contribution in [-0.2, 0) is 10.0 Å². The molecule has 1 N–H and O–H groups in total. The molecule has 1 aliphatic carbocycles. The fourth-order valence-electron chi connectivity index (χ4n) is 1.58. The Morgan fingerprint density at radius 2 is 2.00 bits per heavy atom. The molecule has 0 aromatic heterocycles. The molecule has 1 saturated carbocycles. The van der Waals surface area contributed by atoms with E-state index in [2.05, 4.69) is 20.7 Å². The van der Waals surface area contributed by atoms with Crippen LogP contribution in [0.25, 0.3) is 0 Å². The highest BCUT2D eigenvalue weighted by Gasteiger charge is 2.31. The molecule has 0 aliphatic heterocycles. The highest BCUT2D eigenvalue weighted by Crippen LogP contribution is 2.29. The Kier molecular flexibility index (Phi) is 4.05. The maximum Gasteiger partial charge on any atom is 0.240 e. The van der Waals surface area contributed by atoms with Crippen LogP contribution < -0.4 is 4.72 Å². The van der Waals surface area contributed by atoms with E-state index >= 15 is 0 Å². The lowest BCUT2D eigenvalue weighted by molar-refractivity contribution is 0.391. The van der Waals surface area contributed by atoms with Crippen LogP contribution in [0.1, 0.15) is 12.8 Å². The molecule has 0 heterocycles. The quantitative estimate of drug-likeness (QED) is 0.843. The fourth-order valence-corrected chi connectivity index (χ4v) is 3.94. The van der Waals surface area contributed by atoms with Gasteiger partial charge in [-0.25, -0.2) is 13.1 Å². The van der Waals surface area contributed by atoms with Gasteiger partial charge in [0.1, 0.15) is 0 Å². The number of sulfonamides is 1. The van der Waals surface area contributed by atoms with E-state index in [1.54, 1.807) is 6.07 Å². The number of hydrogen-bond acceptors (Lipinski definition) is 2. The Morgan fingerprint density at radius 3 is 2.53 bits per heavy atom. The van der Waals surface area contributed by atoms with Gasteiger partial charge in [0.05, 0.1) is 9.92 Å². The summed E-state index contributed by atoms with van der Waals surface area (Å²) in [5, 5.41) is 0.563. The molecule has 0 unspecified atom stereocenters. The topological polar surface area (TPSA) is 46.2 Å². The minimum atomic E-state index is -3.48. The van der Waals surface area contributed by atoms with E-state index in [9.17, 15) is 8.42 Å². The summed E-state index contributed by atoms with van der Waals surface area (Å²) < 4.78 is 27.1. The molecule has 94 valence electrons. The van der Waals surface area contributed by atoms with Gasteiger partial charge in [0.25, 0.3) is 0 Å². The zero-order chi connectivity index (χ0) is 12.6. The Morgan fingerprint density at radius 1 is 1.35 bits per heavy atom. The molecule has 0 atom stereocenters. The van der Waals surface area contributed by atoms with Crippen LogP contribution in [0.2, 0.25) is 5.02 Å². The maximum atomic E-state index is 12.0. The van der Waals surface area contributed by atoms with E-state index in [0.717, 1.165) is 0 Å². The Bertz CT molecular complexity index is 529. The molecule has 0 radical (unpaired) electrons. The van der Waals surface area contributed by atoms with Gasteiger partial charge in [0, 0.05) is 15.9 Å². The highest BCUT2D eigenvalue weighted by atomic mass is 79.9. The lowest BCUT2D eigenvalue weighted by atomic mass is 9.94. The van der Waals surface area contributed by atoms with Gasteiger partial charge in [-0.05, 0) is 47.0 Å². The second kappa shape index (κ2) is 5.05. The molecule has 3 nitrogen and oxygen atoms in total. The third-order valence-electron chi connectivity index (χ3n) is 2.60. The summed E-state index contributed by atoms with van der Waals surface area (Å²) in [6.07, 6.45) is 1.35. The van der Waals surface area contributed by atoms with E-state index in [1.807, 2.05) is 0 Å². The summed E-state index contributed by atoms with van der Waals surface area (Å²) in [6, 6.07) is 4.45. The first kappa shape index (κ1) is 13.6. The van der Waals surface area contributed by atoms with Crippen molar-refractivity contribution >= 4 is 49.2 Å². The Labute approximate surface area is 119 Å². The molecule has 17 heavy (non-hydrogen) atoms. The van der Waals surface area contributed by atoms with Crippen LogP contribution in [0.15, 0.2) is 27.6 Å². The zero-order valence-electron chi connectivity index (χ0n) is 8.66. The minimum absolute atomic E-state index is 0.0584. The van der Waals surface area contributed by atoms with Gasteiger partial charge in [-0.15, -0.1) is 11.6 Å². The fraction of sp³-hybridized carbons (Fsp3) is 0.400. The van der Waals surface area contributed by atoms with Crippen LogP contribution in [0.4, 0.5) is 0 Å². The second-order valence-corrected chi connectivity index (χ2v) is 7.56. The van der Waals surface area contributed by atoms with Gasteiger partial charge in [-0.3, -0.25) is 0 Å². The van der Waals surface area contributed by atoms with Crippen molar-refractivity contribution in [2.24, 2.45) is 0 Å². The molecule has 0 bridgehead atoms. The van der Waals surface area contributed by atoms with E-state index in [0.29, 0.717) is 22.3 Å². The minimum Gasteiger partial charge on any atom is -0.208 e. The van der Waals surface area contributed by atoms with E-state index in [-0.39, 0.29) is 16.3 Å². The summed E-state index contributed by atoms with van der Waals surface area (Å²) in [4.78, 5) is 0.201. The summed E-state index contributed by atoms with van der Waals surface area (Å²) in [5.74, 6) is 0. The van der Waals surface area contributed by atoms with Crippen molar-refractivity contribution < 1.29 is 8.42 Å². The molecular formula is C10H10BrCl2NO2S. The zero-order valence-corrected chi connectivity index (χ0v) is 12.6. The molecule has 2 rings (SSSR count). The Balaban J connectivity index is 2.17. The Hall–Kier alpha value is 0.190. The van der Waals surface area contributed by atoms with Gasteiger partial charge < -0.3 is 0 Å². The number of nitrogens with one attached hydrogen (secondary N) is 1. The lowest BCUT2D eigenvalue weighted by Gasteiger charge is -2.31. The third kappa shape index (κ3) is 3.15. The average Bonchev–Trinajstić information content (AvgIpc) is 2.19. The summed E-state index contributed by atoms with van der Waals surface area (Å²) >= 11 is 14.8. The van der Waals surface area contributed by atoms with Crippen LogP contribution in [0.3, 0.4) is 0 Å². The molecule has 0 spiro atoms. The smallest absolute Gasteiger partial charge is 0.208 e. The van der Waals surface area contributed by atoms with Gasteiger partial charge >= 0.3 is 0 Å². The van der Waals surface area contributed by atoms with Crippen LogP contribution in [0.5, 0.6) is 0 Å². The SMILES string of the molecule is O=S(=O)(NC1CC(Cl)C1)c1ccc(Cl)c(Br)c1. The van der Waals surface area contributed by atoms with E-state index in [4.69, 9.17) is 23.2 Å². The van der Waals surface area contributed by atoms with Crippen LogP contribution in [0, 0.1) is 0 Å². The highest BCUT2D eigenvalue weighted by molar-refractivity contribution is 9.10. The molecule has 1 aromatic carbocycles. The van der Waals surface area contributed by atoms with Crippen LogP contribution >= 0.6 is 39.1 Å². The lowest BCUT2D eigenvalue weighted by Crippen LogP contribution is -2.44. The van der Waals surface area contributed by atoms with Crippen molar-refractivity contribution in [1.29, 1.82) is 0 Å². The molecule has 7 heteroatoms. The molecule has 0 amide bonds. The number of alkyl halides is 1. The maximum absolute atomic E-state index is 12.0. The molecule has 0 saturated heterocycles. The second-order valence-electron chi connectivity index (χ2n) is 3.96. The standard InChI is InChI=1S/C10H10BrCl2NO2S/c11-9-5-8(1-2-10(9)13)17(15,16)14-7-3-6(12)4-7/h1-2,5-7,14H,3-4H2. The van der Waals surface area contributed by atoms with Gasteiger partial charge in [0.2, 0.25) is 10.0 Å². The van der Waals surface area contributed by atoms with E-state index < -0.39 is 10.0 Å². The van der Waals surface area contributed by atoms with Crippen molar-refractivity contribution in [3.8, 4) is 0 Å².